The molecule has 6 aromatic rings. The van der Waals surface area contributed by atoms with Crippen molar-refractivity contribution in [2.45, 2.75) is 99.0 Å². The second kappa shape index (κ2) is 14.1. The van der Waals surface area contributed by atoms with E-state index in [-0.39, 0.29) is 32.5 Å². The molecule has 8 rings (SSSR count). The van der Waals surface area contributed by atoms with Crippen molar-refractivity contribution in [3.63, 3.8) is 0 Å². The van der Waals surface area contributed by atoms with Crippen LogP contribution in [0.5, 0.6) is 0 Å². The average molecular weight is 867 g/mol. The Morgan fingerprint density at radius 2 is 1.52 bits per heavy atom. The minimum Gasteiger partial charge on any atom is -0.518 e. The number of benzene rings is 4. The first-order valence-corrected chi connectivity index (χ1v) is 18.8. The van der Waals surface area contributed by atoms with E-state index in [1.807, 2.05) is 6.20 Å². The summed E-state index contributed by atoms with van der Waals surface area (Å²) in [6, 6.07) is 30.5. The Labute approximate surface area is 324 Å². The minimum atomic E-state index is 0. The van der Waals surface area contributed by atoms with Gasteiger partial charge in [0, 0.05) is 11.7 Å². The molecule has 1 aliphatic heterocycles. The van der Waals surface area contributed by atoms with Gasteiger partial charge in [0.15, 0.2) is 0 Å². The summed E-state index contributed by atoms with van der Waals surface area (Å²) < 4.78 is 8.81. The molecule has 0 unspecified atom stereocenters. The molecular formula is C47H49N3OPt. The summed E-state index contributed by atoms with van der Waals surface area (Å²) in [5.41, 5.74) is 15.8. The van der Waals surface area contributed by atoms with Gasteiger partial charge in [-0.15, -0.1) is 41.5 Å². The van der Waals surface area contributed by atoms with Gasteiger partial charge < -0.3 is 14.3 Å². The summed E-state index contributed by atoms with van der Waals surface area (Å²) in [5, 5.41) is 2.39. The monoisotopic (exact) mass is 866 g/mol. The van der Waals surface area contributed by atoms with Crippen molar-refractivity contribution in [2.75, 3.05) is 6.61 Å². The van der Waals surface area contributed by atoms with Crippen LogP contribution in [0.1, 0.15) is 91.8 Å². The number of rotatable bonds is 5. The number of aryl methyl sites for hydroxylation is 5. The molecule has 2 aliphatic rings. The van der Waals surface area contributed by atoms with Gasteiger partial charge in [-0.25, -0.2) is 0 Å². The van der Waals surface area contributed by atoms with E-state index in [9.17, 15) is 0 Å². The summed E-state index contributed by atoms with van der Waals surface area (Å²) >= 11 is 0. The number of hydrogen-bond donors (Lipinski definition) is 0. The fourth-order valence-corrected chi connectivity index (χ4v) is 8.62. The predicted octanol–water partition coefficient (Wildman–Crippen LogP) is 11.7. The second-order valence-corrected chi connectivity index (χ2v) is 16.3. The number of aliphatic imine (C=N–C) groups is 1. The molecule has 52 heavy (non-hydrogen) atoms. The van der Waals surface area contributed by atoms with Crippen LogP contribution in [0.4, 0.5) is 0 Å². The summed E-state index contributed by atoms with van der Waals surface area (Å²) in [7, 11) is 0. The summed E-state index contributed by atoms with van der Waals surface area (Å²) in [6.45, 7) is 18.4. The van der Waals surface area contributed by atoms with Gasteiger partial charge in [0.05, 0.1) is 12.6 Å². The van der Waals surface area contributed by atoms with Crippen molar-refractivity contribution < 1.29 is 25.8 Å². The van der Waals surface area contributed by atoms with E-state index in [0.717, 1.165) is 50.6 Å². The van der Waals surface area contributed by atoms with Gasteiger partial charge in [-0.3, -0.25) is 4.99 Å². The molecule has 0 radical (unpaired) electrons. The first kappa shape index (κ1) is 36.4. The number of ether oxygens (including phenoxy) is 1. The summed E-state index contributed by atoms with van der Waals surface area (Å²) in [6.07, 6.45) is 8.35. The maximum Gasteiger partial charge on any atom is 2.00 e. The van der Waals surface area contributed by atoms with Crippen LogP contribution in [0.3, 0.4) is 0 Å². The van der Waals surface area contributed by atoms with Crippen LogP contribution < -0.4 is 0 Å². The third kappa shape index (κ3) is 6.69. The molecule has 1 saturated carbocycles. The van der Waals surface area contributed by atoms with Crippen LogP contribution in [0.25, 0.3) is 49.9 Å². The number of nitrogens with zero attached hydrogens (tertiary/aromatic N) is 3. The Balaban J connectivity index is 0.00000420. The van der Waals surface area contributed by atoms with Crippen LogP contribution in [0, 0.1) is 52.7 Å². The topological polar surface area (TPSA) is 39.4 Å². The number of pyridine rings is 1. The van der Waals surface area contributed by atoms with Gasteiger partial charge >= 0.3 is 21.1 Å². The van der Waals surface area contributed by atoms with Crippen LogP contribution in [0.2, 0.25) is 0 Å². The molecule has 4 nitrogen and oxygen atoms in total. The van der Waals surface area contributed by atoms with Crippen LogP contribution in [-0.2, 0) is 31.2 Å². The van der Waals surface area contributed by atoms with Crippen molar-refractivity contribution in [3.05, 3.63) is 118 Å². The number of fused-ring (bicyclic) bond motifs is 3. The quantitative estimate of drug-likeness (QED) is 0.162. The molecule has 5 heteroatoms. The maximum absolute atomic E-state index is 6.46. The van der Waals surface area contributed by atoms with Gasteiger partial charge in [-0.05, 0) is 109 Å². The standard InChI is InChI=1S/C47H49N3O.Pt/c1-28-14-15-43-39(20-28)40-21-30(3)38(41-25-36(16-17-48-41)47(6,7)8)26-44(40)50(43)37-23-34(45-31(4)18-29(2)19-32(45)5)22-35(24-37)46-49-42(27-51-46)33-12-10-9-11-13-33;/h14-23,25,33,42H,9-13,27H2,1-8H3;/q-2;+2/t42-;/m0./s1. The van der Waals surface area contributed by atoms with Crippen LogP contribution >= 0.6 is 0 Å². The van der Waals surface area contributed by atoms with Crippen molar-refractivity contribution in [2.24, 2.45) is 10.9 Å². The predicted molar refractivity (Wildman–Crippen MR) is 212 cm³/mol. The van der Waals surface area contributed by atoms with E-state index in [1.54, 1.807) is 0 Å². The Morgan fingerprint density at radius 3 is 2.25 bits per heavy atom. The smallest absolute Gasteiger partial charge is 0.518 e. The zero-order valence-electron chi connectivity index (χ0n) is 31.8. The van der Waals surface area contributed by atoms with Gasteiger partial charge in [0.2, 0.25) is 0 Å². The molecule has 2 aromatic heterocycles. The Hall–Kier alpha value is -4.01. The molecule has 0 amide bonds. The molecule has 1 fully saturated rings. The van der Waals surface area contributed by atoms with E-state index in [0.29, 0.717) is 12.5 Å². The first-order valence-electron chi connectivity index (χ1n) is 18.8. The second-order valence-electron chi connectivity index (χ2n) is 16.3. The SMILES string of the molecule is Cc1cc(C)c(-c2cc(C3=N[C@H](C4CCCCC4)CO3)[c-]c(-n3c4[c-]c(-c5cc(C(C)(C)C)ccn5)c(C)cc4c4cc(C)ccc43)c2)c(C)c1.[Pt+2]. The molecule has 0 spiro atoms. The fourth-order valence-electron chi connectivity index (χ4n) is 8.62. The molecule has 0 bridgehead atoms. The van der Waals surface area contributed by atoms with Crippen molar-refractivity contribution in [3.8, 4) is 28.1 Å². The third-order valence-electron chi connectivity index (χ3n) is 11.2. The molecule has 1 aliphatic carbocycles. The normalized spacial score (nSPS) is 16.6. The Bertz CT molecular complexity index is 2330. The Morgan fingerprint density at radius 1 is 0.769 bits per heavy atom. The van der Waals surface area contributed by atoms with Gasteiger partial charge in [0.25, 0.3) is 0 Å². The van der Waals surface area contributed by atoms with Crippen LogP contribution in [-0.4, -0.2) is 28.1 Å². The van der Waals surface area contributed by atoms with E-state index in [2.05, 4.69) is 133 Å². The number of hydrogen-bond acceptors (Lipinski definition) is 3. The van der Waals surface area contributed by atoms with Crippen LogP contribution in [0.15, 0.2) is 71.9 Å². The van der Waals surface area contributed by atoms with Gasteiger partial charge in [-0.2, -0.15) is 0 Å². The van der Waals surface area contributed by atoms with Crippen molar-refractivity contribution in [1.29, 1.82) is 0 Å². The molecular weight excluding hydrogens is 818 g/mol. The fraction of sp³-hybridized carbons (Fsp3) is 0.362. The van der Waals surface area contributed by atoms with Gasteiger partial charge in [0.1, 0.15) is 5.90 Å². The maximum atomic E-state index is 6.46. The zero-order valence-corrected chi connectivity index (χ0v) is 34.1. The van der Waals surface area contributed by atoms with Gasteiger partial charge in [-0.1, -0.05) is 105 Å². The number of aromatic nitrogens is 2. The summed E-state index contributed by atoms with van der Waals surface area (Å²) in [5.74, 6) is 1.32. The Kier molecular flexibility index (Phi) is 9.85. The van der Waals surface area contributed by atoms with E-state index < -0.39 is 0 Å². The molecule has 0 N–H and O–H groups in total. The zero-order chi connectivity index (χ0) is 35.6. The van der Waals surface area contributed by atoms with Crippen molar-refractivity contribution >= 4 is 27.7 Å². The molecule has 3 heterocycles. The largest absolute Gasteiger partial charge is 2.00 e. The van der Waals surface area contributed by atoms with E-state index in [1.165, 1.54) is 76.3 Å². The average Bonchev–Trinajstić information content (AvgIpc) is 3.71. The van der Waals surface area contributed by atoms with E-state index in [4.69, 9.17) is 14.7 Å². The first-order chi connectivity index (χ1) is 24.4. The molecule has 1 atom stereocenters. The molecule has 4 aromatic carbocycles. The minimum absolute atomic E-state index is 0. The van der Waals surface area contributed by atoms with Crippen molar-refractivity contribution in [1.82, 2.24) is 9.55 Å². The third-order valence-corrected chi connectivity index (χ3v) is 11.2. The summed E-state index contributed by atoms with van der Waals surface area (Å²) in [4.78, 5) is 10.1. The molecule has 268 valence electrons. The molecule has 0 saturated heterocycles. The van der Waals surface area contributed by atoms with E-state index >= 15 is 0 Å².